The molecule has 0 aliphatic heterocycles. The minimum Gasteiger partial charge on any atom is -0.496 e. The van der Waals surface area contributed by atoms with Crippen LogP contribution >= 0.6 is 0 Å². The molecule has 1 aromatic carbocycles. The maximum atomic E-state index is 12.9. The van der Waals surface area contributed by atoms with Crippen LogP contribution in [0.1, 0.15) is 12.8 Å². The summed E-state index contributed by atoms with van der Waals surface area (Å²) in [6.07, 6.45) is 1.11. The fourth-order valence-electron chi connectivity index (χ4n) is 1.11. The van der Waals surface area contributed by atoms with Gasteiger partial charge in [-0.2, -0.15) is 0 Å². The molecule has 0 aromatic heterocycles. The quantitative estimate of drug-likeness (QED) is 0.513. The summed E-state index contributed by atoms with van der Waals surface area (Å²) in [5.41, 5.74) is 5.82. The minimum absolute atomic E-state index is 0. The van der Waals surface area contributed by atoms with E-state index in [0.717, 1.165) is 0 Å². The zero-order chi connectivity index (χ0) is 10.6. The molecule has 0 saturated carbocycles. The molecule has 1 rings (SSSR count). The molecule has 0 bridgehead atoms. The summed E-state index contributed by atoms with van der Waals surface area (Å²) >= 11 is 0. The first-order valence-electron chi connectivity index (χ1n) is 4.47. The molecule has 0 heterocycles. The van der Waals surface area contributed by atoms with Crippen molar-refractivity contribution in [3.05, 3.63) is 37.9 Å². The van der Waals surface area contributed by atoms with Crippen molar-refractivity contribution in [3.8, 4) is 5.75 Å². The van der Waals surface area contributed by atoms with E-state index in [4.69, 9.17) is 10.5 Å². The topological polar surface area (TPSA) is 35.2 Å². The molecule has 0 atom stereocenters. The molecule has 0 aliphatic carbocycles. The molecule has 4 heteroatoms. The predicted octanol–water partition coefficient (Wildman–Crippen LogP) is 2.60. The zero-order valence-corrected chi connectivity index (χ0v) is 11.7. The Kier molecular flexibility index (Phi) is 6.50. The van der Waals surface area contributed by atoms with E-state index in [1.54, 1.807) is 6.07 Å². The van der Waals surface area contributed by atoms with Crippen molar-refractivity contribution in [1.29, 1.82) is 0 Å². The average Bonchev–Trinajstić information content (AvgIpc) is 2.12. The Morgan fingerprint density at radius 3 is 2.33 bits per heavy atom. The summed E-state index contributed by atoms with van der Waals surface area (Å²) in [5, 5.41) is 0. The van der Waals surface area contributed by atoms with Gasteiger partial charge >= 0.3 is 19.5 Å². The molecular weight excluding hydrogens is 247 g/mol. The third kappa shape index (κ3) is 4.61. The Labute approximate surface area is 103 Å². The Bertz CT molecular complexity index is 282. The van der Waals surface area contributed by atoms with Gasteiger partial charge in [-0.25, -0.2) is 4.39 Å². The molecule has 2 nitrogen and oxygen atoms in total. The largest absolute Gasteiger partial charge is 2.00 e. The number of hydrogen-bond acceptors (Lipinski definition) is 2. The Hall–Kier alpha value is -0.627. The van der Waals surface area contributed by atoms with Gasteiger partial charge in [0.25, 0.3) is 0 Å². The second-order valence-electron chi connectivity index (χ2n) is 3.04. The van der Waals surface area contributed by atoms with Crippen LogP contribution in [0, 0.1) is 19.7 Å². The van der Waals surface area contributed by atoms with Gasteiger partial charge in [0.15, 0.2) is 0 Å². The standard InChI is InChI=1S/C11H14FNO.Zn/c1-3-10(4-2)14-11-6-8(12)5-9(13)7-11;/h5-7,10H,1-4,13H2;/q-2;+2. The fourth-order valence-corrected chi connectivity index (χ4v) is 1.11. The number of halogens is 1. The Balaban J connectivity index is 0.00000196. The van der Waals surface area contributed by atoms with Gasteiger partial charge in [-0.15, -0.1) is 12.8 Å². The molecular formula is C11H14FNOZn. The van der Waals surface area contributed by atoms with Gasteiger partial charge in [-0.05, 0) is 6.07 Å². The Morgan fingerprint density at radius 2 is 1.87 bits per heavy atom. The zero-order valence-electron chi connectivity index (χ0n) is 8.71. The summed E-state index contributed by atoms with van der Waals surface area (Å²) in [4.78, 5) is 0. The summed E-state index contributed by atoms with van der Waals surface area (Å²) in [6, 6.07) is 4.13. The van der Waals surface area contributed by atoms with Crippen molar-refractivity contribution >= 4 is 5.69 Å². The van der Waals surface area contributed by atoms with E-state index in [1.165, 1.54) is 12.1 Å². The molecule has 2 N–H and O–H groups in total. The molecule has 0 spiro atoms. The van der Waals surface area contributed by atoms with E-state index in [1.807, 2.05) is 0 Å². The van der Waals surface area contributed by atoms with E-state index < -0.39 is 5.82 Å². The van der Waals surface area contributed by atoms with Crippen molar-refractivity contribution in [1.82, 2.24) is 0 Å². The average molecular weight is 261 g/mol. The molecule has 0 amide bonds. The number of benzene rings is 1. The summed E-state index contributed by atoms with van der Waals surface area (Å²) < 4.78 is 18.3. The number of ether oxygens (including phenoxy) is 1. The van der Waals surface area contributed by atoms with Gasteiger partial charge in [0, 0.05) is 23.9 Å². The Morgan fingerprint density at radius 1 is 1.27 bits per heavy atom. The van der Waals surface area contributed by atoms with Crippen LogP contribution in [-0.4, -0.2) is 6.10 Å². The summed E-state index contributed by atoms with van der Waals surface area (Å²) in [7, 11) is 0. The van der Waals surface area contributed by atoms with Crippen LogP contribution in [0.2, 0.25) is 0 Å². The second kappa shape index (κ2) is 6.78. The number of nitrogen functional groups attached to an aromatic ring is 1. The van der Waals surface area contributed by atoms with Crippen LogP contribution < -0.4 is 10.5 Å². The van der Waals surface area contributed by atoms with Crippen LogP contribution in [0.4, 0.5) is 10.1 Å². The smallest absolute Gasteiger partial charge is 0.496 e. The second-order valence-corrected chi connectivity index (χ2v) is 3.04. The van der Waals surface area contributed by atoms with Crippen molar-refractivity contribution in [3.63, 3.8) is 0 Å². The SMILES string of the molecule is [CH2-]CC(C[CH2-])Oc1cc(N)cc(F)c1.[Zn+2]. The van der Waals surface area contributed by atoms with Crippen molar-refractivity contribution < 1.29 is 28.6 Å². The first-order valence-corrected chi connectivity index (χ1v) is 4.47. The van der Waals surface area contributed by atoms with Gasteiger partial charge in [0.05, 0.1) is 0 Å². The van der Waals surface area contributed by atoms with Gasteiger partial charge in [-0.3, -0.25) is 0 Å². The fraction of sp³-hybridized carbons (Fsp3) is 0.273. The number of hydrogen-bond donors (Lipinski definition) is 1. The minimum atomic E-state index is -0.396. The number of nitrogens with two attached hydrogens (primary N) is 1. The van der Waals surface area contributed by atoms with E-state index in [2.05, 4.69) is 13.8 Å². The maximum Gasteiger partial charge on any atom is 2.00 e. The molecule has 0 fully saturated rings. The van der Waals surface area contributed by atoms with Crippen molar-refractivity contribution in [2.45, 2.75) is 18.9 Å². The molecule has 78 valence electrons. The molecule has 15 heavy (non-hydrogen) atoms. The van der Waals surface area contributed by atoms with Crippen LogP contribution in [-0.2, 0) is 19.5 Å². The molecule has 0 radical (unpaired) electrons. The molecule has 1 aromatic rings. The summed E-state index contributed by atoms with van der Waals surface area (Å²) in [5.74, 6) is 0.0340. The van der Waals surface area contributed by atoms with Gasteiger partial charge < -0.3 is 24.3 Å². The van der Waals surface area contributed by atoms with Crippen LogP contribution in [0.15, 0.2) is 18.2 Å². The van der Waals surface area contributed by atoms with Crippen LogP contribution in [0.5, 0.6) is 5.75 Å². The maximum absolute atomic E-state index is 12.9. The third-order valence-electron chi connectivity index (χ3n) is 1.84. The molecule has 0 aliphatic rings. The van der Waals surface area contributed by atoms with E-state index in [0.29, 0.717) is 24.3 Å². The van der Waals surface area contributed by atoms with Crippen LogP contribution in [0.3, 0.4) is 0 Å². The number of rotatable bonds is 4. The normalized spacial score (nSPS) is 9.87. The predicted molar refractivity (Wildman–Crippen MR) is 55.2 cm³/mol. The van der Waals surface area contributed by atoms with Crippen molar-refractivity contribution in [2.75, 3.05) is 5.73 Å². The number of anilines is 1. The van der Waals surface area contributed by atoms with Gasteiger partial charge in [0.1, 0.15) is 11.6 Å². The first kappa shape index (κ1) is 14.4. The molecule has 0 unspecified atom stereocenters. The first-order chi connectivity index (χ1) is 6.65. The van der Waals surface area contributed by atoms with E-state index in [-0.39, 0.29) is 25.6 Å². The molecule has 0 saturated heterocycles. The van der Waals surface area contributed by atoms with Crippen LogP contribution in [0.25, 0.3) is 0 Å². The monoisotopic (exact) mass is 259 g/mol. The third-order valence-corrected chi connectivity index (χ3v) is 1.84. The summed E-state index contributed by atoms with van der Waals surface area (Å²) in [6.45, 7) is 7.42. The van der Waals surface area contributed by atoms with E-state index in [9.17, 15) is 4.39 Å². The van der Waals surface area contributed by atoms with Gasteiger partial charge in [-0.1, -0.05) is 0 Å². The van der Waals surface area contributed by atoms with E-state index >= 15 is 0 Å². The van der Waals surface area contributed by atoms with Gasteiger partial charge in [0.2, 0.25) is 0 Å². The van der Waals surface area contributed by atoms with Crippen molar-refractivity contribution in [2.24, 2.45) is 0 Å².